The zero-order valence-corrected chi connectivity index (χ0v) is 12.5. The largest absolute Gasteiger partial charge is 0.397 e. The van der Waals surface area contributed by atoms with E-state index in [1.54, 1.807) is 6.07 Å². The Balaban J connectivity index is 2.06. The van der Waals surface area contributed by atoms with E-state index < -0.39 is 0 Å². The fourth-order valence-corrected chi connectivity index (χ4v) is 2.98. The first-order valence-electron chi connectivity index (χ1n) is 7.50. The lowest BCUT2D eigenvalue weighted by Gasteiger charge is -2.24. The Morgan fingerprint density at radius 3 is 2.70 bits per heavy atom. The van der Waals surface area contributed by atoms with Gasteiger partial charge in [0.2, 0.25) is 0 Å². The minimum atomic E-state index is -0.0656. The van der Waals surface area contributed by atoms with Crippen LogP contribution in [0.5, 0.6) is 0 Å². The number of rotatable bonds is 5. The van der Waals surface area contributed by atoms with Crippen LogP contribution < -0.4 is 16.0 Å². The molecule has 0 aromatic heterocycles. The normalized spacial score (nSPS) is 15.3. The molecule has 20 heavy (non-hydrogen) atoms. The highest BCUT2D eigenvalue weighted by atomic mass is 16.1. The van der Waals surface area contributed by atoms with Gasteiger partial charge in [0.25, 0.3) is 5.91 Å². The molecule has 1 aromatic rings. The molecule has 2 rings (SSSR count). The molecule has 0 unspecified atom stereocenters. The van der Waals surface area contributed by atoms with E-state index in [0.717, 1.165) is 18.2 Å². The van der Waals surface area contributed by atoms with E-state index in [1.165, 1.54) is 25.7 Å². The summed E-state index contributed by atoms with van der Waals surface area (Å²) in [6.45, 7) is 3.58. The van der Waals surface area contributed by atoms with Gasteiger partial charge in [-0.25, -0.2) is 0 Å². The summed E-state index contributed by atoms with van der Waals surface area (Å²) in [5.41, 5.74) is 8.43. The Labute approximate surface area is 121 Å². The summed E-state index contributed by atoms with van der Waals surface area (Å²) in [4.78, 5) is 14.0. The number of nitrogen functional groups attached to an aromatic ring is 1. The molecular formula is C16H25N3O. The number of carbonyl (C=O) groups is 1. The Morgan fingerprint density at radius 2 is 2.10 bits per heavy atom. The van der Waals surface area contributed by atoms with E-state index in [1.807, 2.05) is 19.1 Å². The molecule has 1 aliphatic carbocycles. The predicted octanol–water partition coefficient (Wildman–Crippen LogP) is 2.64. The molecule has 0 radical (unpaired) electrons. The third-order valence-electron chi connectivity index (χ3n) is 4.05. The second kappa shape index (κ2) is 6.64. The van der Waals surface area contributed by atoms with Crippen molar-refractivity contribution >= 4 is 17.3 Å². The number of hydrogen-bond donors (Lipinski definition) is 2. The molecule has 1 saturated carbocycles. The fraction of sp³-hybridized carbons (Fsp3) is 0.562. The summed E-state index contributed by atoms with van der Waals surface area (Å²) in [6.07, 6.45) is 5.34. The summed E-state index contributed by atoms with van der Waals surface area (Å²) in [5, 5.41) is 2.79. The summed E-state index contributed by atoms with van der Waals surface area (Å²) >= 11 is 0. The number of benzene rings is 1. The average molecular weight is 275 g/mol. The second-order valence-corrected chi connectivity index (χ2v) is 5.66. The maximum Gasteiger partial charge on any atom is 0.251 e. The first-order valence-corrected chi connectivity index (χ1v) is 7.50. The molecular weight excluding hydrogens is 250 g/mol. The molecule has 1 fully saturated rings. The molecule has 0 aliphatic heterocycles. The number of amides is 1. The van der Waals surface area contributed by atoms with Crippen LogP contribution in [0.3, 0.4) is 0 Å². The van der Waals surface area contributed by atoms with Crippen molar-refractivity contribution in [2.45, 2.75) is 32.6 Å². The number of nitrogens with two attached hydrogens (primary N) is 1. The van der Waals surface area contributed by atoms with E-state index in [4.69, 9.17) is 5.73 Å². The minimum Gasteiger partial charge on any atom is -0.397 e. The fourth-order valence-electron chi connectivity index (χ4n) is 2.98. The van der Waals surface area contributed by atoms with Gasteiger partial charge in [-0.05, 0) is 43.9 Å². The Morgan fingerprint density at radius 1 is 1.40 bits per heavy atom. The van der Waals surface area contributed by atoms with Gasteiger partial charge in [0.15, 0.2) is 0 Å². The third kappa shape index (κ3) is 3.44. The van der Waals surface area contributed by atoms with E-state index in [-0.39, 0.29) is 5.91 Å². The molecule has 1 amide bonds. The molecule has 0 saturated heterocycles. The highest BCUT2D eigenvalue weighted by Crippen LogP contribution is 2.29. The number of anilines is 2. The van der Waals surface area contributed by atoms with Gasteiger partial charge in [0.05, 0.1) is 11.4 Å². The SMILES string of the molecule is CCNC(=O)c1ccc(N(C)CC2CCCC2)c(N)c1. The van der Waals surface area contributed by atoms with Crippen LogP contribution in [0.4, 0.5) is 11.4 Å². The number of carbonyl (C=O) groups excluding carboxylic acids is 1. The zero-order chi connectivity index (χ0) is 14.5. The number of hydrogen-bond acceptors (Lipinski definition) is 3. The van der Waals surface area contributed by atoms with Crippen molar-refractivity contribution in [3.05, 3.63) is 23.8 Å². The smallest absolute Gasteiger partial charge is 0.251 e. The van der Waals surface area contributed by atoms with Crippen molar-refractivity contribution in [1.29, 1.82) is 0 Å². The van der Waals surface area contributed by atoms with Crippen LogP contribution in [0.15, 0.2) is 18.2 Å². The van der Waals surface area contributed by atoms with E-state index in [9.17, 15) is 4.79 Å². The first-order chi connectivity index (χ1) is 9.61. The number of nitrogens with one attached hydrogen (secondary N) is 1. The van der Waals surface area contributed by atoms with E-state index in [2.05, 4.69) is 17.3 Å². The molecule has 4 heteroatoms. The lowest BCUT2D eigenvalue weighted by Crippen LogP contribution is -2.26. The van der Waals surface area contributed by atoms with Crippen LogP contribution in [0.25, 0.3) is 0 Å². The van der Waals surface area contributed by atoms with Crippen LogP contribution in [0.1, 0.15) is 43.0 Å². The van der Waals surface area contributed by atoms with Gasteiger partial charge in [0.1, 0.15) is 0 Å². The molecule has 0 heterocycles. The summed E-state index contributed by atoms with van der Waals surface area (Å²) < 4.78 is 0. The lowest BCUT2D eigenvalue weighted by molar-refractivity contribution is 0.0956. The average Bonchev–Trinajstić information content (AvgIpc) is 2.91. The van der Waals surface area contributed by atoms with Crippen LogP contribution in [-0.2, 0) is 0 Å². The molecule has 1 aliphatic rings. The Hall–Kier alpha value is -1.71. The van der Waals surface area contributed by atoms with Crippen LogP contribution in [0, 0.1) is 5.92 Å². The highest BCUT2D eigenvalue weighted by molar-refractivity contribution is 5.96. The summed E-state index contributed by atoms with van der Waals surface area (Å²) in [5.74, 6) is 0.715. The molecule has 0 atom stereocenters. The van der Waals surface area contributed by atoms with Gasteiger partial charge in [-0.15, -0.1) is 0 Å². The molecule has 1 aromatic carbocycles. The van der Waals surface area contributed by atoms with Crippen LogP contribution in [-0.4, -0.2) is 26.0 Å². The Kier molecular flexibility index (Phi) is 4.88. The van der Waals surface area contributed by atoms with Crippen molar-refractivity contribution in [3.63, 3.8) is 0 Å². The minimum absolute atomic E-state index is 0.0656. The summed E-state index contributed by atoms with van der Waals surface area (Å²) in [6, 6.07) is 5.57. The van der Waals surface area contributed by atoms with Gasteiger partial charge in [-0.2, -0.15) is 0 Å². The standard InChI is InChI=1S/C16H25N3O/c1-3-18-16(20)13-8-9-15(14(17)10-13)19(2)11-12-6-4-5-7-12/h8-10,12H,3-7,11,17H2,1-2H3,(H,18,20). The third-order valence-corrected chi connectivity index (χ3v) is 4.05. The highest BCUT2D eigenvalue weighted by Gasteiger charge is 2.18. The van der Waals surface area contributed by atoms with Crippen molar-refractivity contribution in [3.8, 4) is 0 Å². The monoisotopic (exact) mass is 275 g/mol. The predicted molar refractivity (Wildman–Crippen MR) is 84.1 cm³/mol. The van der Waals surface area contributed by atoms with Crippen molar-refractivity contribution in [1.82, 2.24) is 5.32 Å². The molecule has 0 spiro atoms. The van der Waals surface area contributed by atoms with Gasteiger partial charge >= 0.3 is 0 Å². The molecule has 4 nitrogen and oxygen atoms in total. The van der Waals surface area contributed by atoms with Gasteiger partial charge in [-0.1, -0.05) is 12.8 Å². The lowest BCUT2D eigenvalue weighted by atomic mass is 10.1. The topological polar surface area (TPSA) is 58.4 Å². The van der Waals surface area contributed by atoms with Gasteiger partial charge < -0.3 is 16.0 Å². The Bertz CT molecular complexity index is 467. The summed E-state index contributed by atoms with van der Waals surface area (Å²) in [7, 11) is 2.08. The van der Waals surface area contributed by atoms with Crippen molar-refractivity contribution in [2.75, 3.05) is 30.8 Å². The quantitative estimate of drug-likeness (QED) is 0.812. The second-order valence-electron chi connectivity index (χ2n) is 5.66. The van der Waals surface area contributed by atoms with E-state index >= 15 is 0 Å². The zero-order valence-electron chi connectivity index (χ0n) is 12.5. The molecule has 3 N–H and O–H groups in total. The van der Waals surface area contributed by atoms with Crippen molar-refractivity contribution < 1.29 is 4.79 Å². The van der Waals surface area contributed by atoms with Crippen molar-refractivity contribution in [2.24, 2.45) is 5.92 Å². The van der Waals surface area contributed by atoms with Gasteiger partial charge in [-0.3, -0.25) is 4.79 Å². The maximum atomic E-state index is 11.8. The van der Waals surface area contributed by atoms with Crippen LogP contribution >= 0.6 is 0 Å². The van der Waals surface area contributed by atoms with Crippen LogP contribution in [0.2, 0.25) is 0 Å². The van der Waals surface area contributed by atoms with E-state index in [0.29, 0.717) is 17.8 Å². The molecule has 110 valence electrons. The number of nitrogens with zero attached hydrogens (tertiary/aromatic N) is 1. The van der Waals surface area contributed by atoms with Gasteiger partial charge in [0, 0.05) is 25.7 Å². The first kappa shape index (κ1) is 14.7. The molecule has 0 bridgehead atoms. The maximum absolute atomic E-state index is 11.8.